The van der Waals surface area contributed by atoms with Crippen LogP contribution in [0.3, 0.4) is 0 Å². The van der Waals surface area contributed by atoms with Gasteiger partial charge in [-0.2, -0.15) is 0 Å². The molecule has 3 heterocycles. The third-order valence-corrected chi connectivity index (χ3v) is 6.73. The van der Waals surface area contributed by atoms with E-state index in [0.29, 0.717) is 68.0 Å². The highest BCUT2D eigenvalue weighted by Crippen LogP contribution is 2.41. The number of nitrogens with zero attached hydrogens (tertiary/aromatic N) is 3. The maximum Gasteiger partial charge on any atom is 0.257 e. The average molecular weight is 505 g/mol. The predicted molar refractivity (Wildman–Crippen MR) is 140 cm³/mol. The van der Waals surface area contributed by atoms with Gasteiger partial charge in [0.1, 0.15) is 18.7 Å². The molecule has 1 atom stereocenters. The lowest BCUT2D eigenvalue weighted by Crippen LogP contribution is -2.34. The van der Waals surface area contributed by atoms with Crippen LogP contribution in [-0.2, 0) is 9.53 Å². The molecule has 0 spiro atoms. The van der Waals surface area contributed by atoms with Gasteiger partial charge in [0, 0.05) is 18.7 Å². The second-order valence-electron chi connectivity index (χ2n) is 9.34. The minimum Gasteiger partial charge on any atom is -0.487 e. The fraction of sp³-hybridized carbons (Fsp3) is 0.393. The summed E-state index contributed by atoms with van der Waals surface area (Å²) in [7, 11) is 0. The summed E-state index contributed by atoms with van der Waals surface area (Å²) in [6.45, 7) is 8.42. The van der Waals surface area contributed by atoms with Crippen molar-refractivity contribution in [1.82, 2.24) is 14.5 Å². The summed E-state index contributed by atoms with van der Waals surface area (Å²) in [5.74, 6) is 1.22. The Kier molecular flexibility index (Phi) is 7.41. The lowest BCUT2D eigenvalue weighted by Gasteiger charge is -2.26. The Labute approximate surface area is 216 Å². The number of hydrogen-bond donors (Lipinski definition) is 1. The second kappa shape index (κ2) is 11.0. The molecule has 2 aromatic carbocycles. The maximum atomic E-state index is 13.3. The smallest absolute Gasteiger partial charge is 0.257 e. The number of imidazole rings is 1. The van der Waals surface area contributed by atoms with E-state index >= 15 is 0 Å². The number of benzene rings is 2. The van der Waals surface area contributed by atoms with Crippen LogP contribution in [0.1, 0.15) is 41.2 Å². The summed E-state index contributed by atoms with van der Waals surface area (Å²) in [6.07, 6.45) is 3.98. The molecule has 0 radical (unpaired) electrons. The number of ether oxygens (including phenoxy) is 3. The summed E-state index contributed by atoms with van der Waals surface area (Å²) in [5, 5.41) is 3.03. The average Bonchev–Trinajstić information content (AvgIpc) is 3.15. The van der Waals surface area contributed by atoms with Crippen molar-refractivity contribution in [2.24, 2.45) is 0 Å². The molecule has 1 saturated heterocycles. The summed E-state index contributed by atoms with van der Waals surface area (Å²) in [4.78, 5) is 32.5. The van der Waals surface area contributed by atoms with E-state index in [-0.39, 0.29) is 17.9 Å². The molecule has 3 aromatic rings. The van der Waals surface area contributed by atoms with Crippen molar-refractivity contribution in [3.05, 3.63) is 60.2 Å². The van der Waals surface area contributed by atoms with E-state index in [1.165, 1.54) is 6.08 Å². The van der Waals surface area contributed by atoms with Gasteiger partial charge in [-0.1, -0.05) is 24.3 Å². The highest BCUT2D eigenvalue weighted by Gasteiger charge is 2.29. The van der Waals surface area contributed by atoms with Crippen molar-refractivity contribution < 1.29 is 23.8 Å². The van der Waals surface area contributed by atoms with Crippen LogP contribution in [0.4, 0.5) is 5.95 Å². The number of hydrogen-bond acceptors (Lipinski definition) is 6. The van der Waals surface area contributed by atoms with E-state index < -0.39 is 0 Å². The molecule has 2 aliphatic heterocycles. The zero-order valence-corrected chi connectivity index (χ0v) is 21.1. The van der Waals surface area contributed by atoms with Gasteiger partial charge in [-0.05, 0) is 56.5 Å². The van der Waals surface area contributed by atoms with Crippen molar-refractivity contribution in [2.45, 2.75) is 32.2 Å². The van der Waals surface area contributed by atoms with Gasteiger partial charge in [0.2, 0.25) is 11.9 Å². The Morgan fingerprint density at radius 3 is 2.76 bits per heavy atom. The number of fused-ring (bicyclic) bond motifs is 3. The third kappa shape index (κ3) is 5.32. The van der Waals surface area contributed by atoms with Gasteiger partial charge in [0.05, 0.1) is 24.8 Å². The van der Waals surface area contributed by atoms with E-state index in [1.807, 2.05) is 46.7 Å². The van der Waals surface area contributed by atoms with Gasteiger partial charge in [-0.3, -0.25) is 14.9 Å². The molecule has 1 fully saturated rings. The minimum absolute atomic E-state index is 0.106. The van der Waals surface area contributed by atoms with Crippen molar-refractivity contribution in [3.63, 3.8) is 0 Å². The number of carbonyl (C=O) groups excluding carboxylic acids is 2. The van der Waals surface area contributed by atoms with Crippen molar-refractivity contribution in [3.8, 4) is 11.5 Å². The third-order valence-electron chi connectivity index (χ3n) is 6.73. The number of anilines is 1. The van der Waals surface area contributed by atoms with Gasteiger partial charge >= 0.3 is 0 Å². The molecule has 5 rings (SSSR count). The molecule has 9 heteroatoms. The normalized spacial score (nSPS) is 18.3. The second-order valence-corrected chi connectivity index (χ2v) is 9.34. The zero-order chi connectivity index (χ0) is 25.8. The van der Waals surface area contributed by atoms with Crippen LogP contribution in [0.25, 0.3) is 11.0 Å². The minimum atomic E-state index is -0.252. The van der Waals surface area contributed by atoms with Gasteiger partial charge in [0.25, 0.3) is 5.91 Å². The maximum absolute atomic E-state index is 13.3. The standard InChI is InChI=1S/C28H32N4O5/c1-3-24(33)31-12-5-4-9-21(18-31)32-25-22(10-11-23-26(25)37-16-14-35-13-15-36-23)29-28(32)30-27(34)20-8-6-7-19(2)17-20/h3,6-8,10-11,17,21H,1,4-5,9,12-16,18H2,2H3,(H,29,30,34)/t21-/m1/s1. The molecule has 0 bridgehead atoms. The SMILES string of the molecule is C=CC(=O)N1CCCC[C@@H](n2c(NC(=O)c3cccc(C)c3)nc3ccc4c(c32)OCCOCCO4)C1. The molecule has 0 saturated carbocycles. The molecule has 1 N–H and O–H groups in total. The number of carbonyl (C=O) groups is 2. The molecule has 9 nitrogen and oxygen atoms in total. The predicted octanol–water partition coefficient (Wildman–Crippen LogP) is 4.12. The van der Waals surface area contributed by atoms with Gasteiger partial charge in [-0.25, -0.2) is 4.98 Å². The van der Waals surface area contributed by atoms with E-state index in [9.17, 15) is 9.59 Å². The number of amides is 2. The van der Waals surface area contributed by atoms with Crippen LogP contribution in [0.15, 0.2) is 49.1 Å². The molecular weight excluding hydrogens is 472 g/mol. The van der Waals surface area contributed by atoms with Crippen LogP contribution in [0, 0.1) is 6.92 Å². The lowest BCUT2D eigenvalue weighted by molar-refractivity contribution is -0.126. The van der Waals surface area contributed by atoms with Crippen molar-refractivity contribution in [2.75, 3.05) is 44.8 Å². The Hall–Kier alpha value is -3.85. The summed E-state index contributed by atoms with van der Waals surface area (Å²) < 4.78 is 19.7. The largest absolute Gasteiger partial charge is 0.487 e. The molecule has 2 amide bonds. The van der Waals surface area contributed by atoms with Crippen LogP contribution in [-0.4, -0.2) is 65.8 Å². The first-order chi connectivity index (χ1) is 18.0. The molecule has 37 heavy (non-hydrogen) atoms. The van der Waals surface area contributed by atoms with Crippen molar-refractivity contribution in [1.29, 1.82) is 0 Å². The number of likely N-dealkylation sites (tertiary alicyclic amines) is 1. The van der Waals surface area contributed by atoms with Gasteiger partial charge < -0.3 is 23.7 Å². The summed E-state index contributed by atoms with van der Waals surface area (Å²) in [5.41, 5.74) is 2.95. The topological polar surface area (TPSA) is 94.9 Å². The van der Waals surface area contributed by atoms with E-state index in [1.54, 1.807) is 6.07 Å². The summed E-state index contributed by atoms with van der Waals surface area (Å²) in [6, 6.07) is 11.0. The molecular formula is C28H32N4O5. The van der Waals surface area contributed by atoms with Crippen LogP contribution >= 0.6 is 0 Å². The first-order valence-corrected chi connectivity index (χ1v) is 12.7. The highest BCUT2D eigenvalue weighted by molar-refractivity contribution is 6.04. The van der Waals surface area contributed by atoms with E-state index in [0.717, 1.165) is 30.3 Å². The molecule has 2 aliphatic rings. The summed E-state index contributed by atoms with van der Waals surface area (Å²) >= 11 is 0. The quantitative estimate of drug-likeness (QED) is 0.537. The van der Waals surface area contributed by atoms with Crippen LogP contribution in [0.2, 0.25) is 0 Å². The Balaban J connectivity index is 1.63. The zero-order valence-electron chi connectivity index (χ0n) is 21.1. The van der Waals surface area contributed by atoms with E-state index in [2.05, 4.69) is 11.9 Å². The van der Waals surface area contributed by atoms with E-state index in [4.69, 9.17) is 19.2 Å². The van der Waals surface area contributed by atoms with Gasteiger partial charge in [0.15, 0.2) is 11.5 Å². The first-order valence-electron chi connectivity index (χ1n) is 12.7. The lowest BCUT2D eigenvalue weighted by atomic mass is 10.1. The number of aromatic nitrogens is 2. The molecule has 194 valence electrons. The Morgan fingerprint density at radius 2 is 1.95 bits per heavy atom. The number of aryl methyl sites for hydroxylation is 1. The molecule has 0 unspecified atom stereocenters. The number of rotatable bonds is 4. The van der Waals surface area contributed by atoms with Gasteiger partial charge in [-0.15, -0.1) is 0 Å². The monoisotopic (exact) mass is 504 g/mol. The van der Waals surface area contributed by atoms with Crippen LogP contribution < -0.4 is 14.8 Å². The van der Waals surface area contributed by atoms with Crippen molar-refractivity contribution >= 4 is 28.8 Å². The number of nitrogens with one attached hydrogen (secondary N) is 1. The Bertz CT molecular complexity index is 1320. The Morgan fingerprint density at radius 1 is 1.11 bits per heavy atom. The van der Waals surface area contributed by atoms with Crippen LogP contribution in [0.5, 0.6) is 11.5 Å². The first kappa shape index (κ1) is 24.8. The molecule has 1 aromatic heterocycles. The fourth-order valence-corrected chi connectivity index (χ4v) is 4.97. The highest BCUT2D eigenvalue weighted by atomic mass is 16.6. The molecule has 0 aliphatic carbocycles. The fourth-order valence-electron chi connectivity index (χ4n) is 4.97.